The van der Waals surface area contributed by atoms with Crippen LogP contribution in [0, 0.1) is 5.92 Å². The summed E-state index contributed by atoms with van der Waals surface area (Å²) in [5, 5.41) is 0. The van der Waals surface area contributed by atoms with Gasteiger partial charge in [0.2, 0.25) is 6.29 Å². The quantitative estimate of drug-likeness (QED) is 0.510. The first-order valence-corrected chi connectivity index (χ1v) is 4.96. The van der Waals surface area contributed by atoms with Crippen LogP contribution in [0.3, 0.4) is 0 Å². The van der Waals surface area contributed by atoms with Crippen molar-refractivity contribution in [1.29, 1.82) is 0 Å². The van der Waals surface area contributed by atoms with E-state index in [1.165, 1.54) is 0 Å². The maximum atomic E-state index is 11.0. The summed E-state index contributed by atoms with van der Waals surface area (Å²) in [6.07, 6.45) is -1.18. The molecule has 0 aliphatic rings. The molecule has 0 aliphatic heterocycles. The summed E-state index contributed by atoms with van der Waals surface area (Å²) in [4.78, 5) is 11.0. The number of carbonyl (C=O) groups is 1. The van der Waals surface area contributed by atoms with Crippen molar-refractivity contribution in [2.75, 3.05) is 6.61 Å². The van der Waals surface area contributed by atoms with E-state index in [0.29, 0.717) is 6.61 Å². The van der Waals surface area contributed by atoms with Crippen LogP contribution in [0.1, 0.15) is 34.6 Å². The normalized spacial score (nSPS) is 13.1. The summed E-state index contributed by atoms with van der Waals surface area (Å²) in [5.41, 5.74) is 0. The van der Waals surface area contributed by atoms with Gasteiger partial charge in [0.15, 0.2) is 0 Å². The van der Waals surface area contributed by atoms with E-state index in [-0.39, 0.29) is 12.0 Å². The summed E-state index contributed by atoms with van der Waals surface area (Å²) < 4.78 is 15.0. The topological polar surface area (TPSA) is 44.8 Å². The third-order valence-electron chi connectivity index (χ3n) is 1.43. The summed E-state index contributed by atoms with van der Waals surface area (Å²) in [5.74, 6) is 0.113. The van der Waals surface area contributed by atoms with Crippen molar-refractivity contribution in [3.63, 3.8) is 0 Å². The maximum absolute atomic E-state index is 11.0. The minimum Gasteiger partial charge on any atom is -0.435 e. The summed E-state index contributed by atoms with van der Waals surface area (Å²) in [6.45, 7) is 9.67. The predicted molar refractivity (Wildman–Crippen MR) is 53.0 cm³/mol. The van der Waals surface area contributed by atoms with Crippen molar-refractivity contribution < 1.29 is 19.0 Å². The lowest BCUT2D eigenvalue weighted by molar-refractivity contribution is -0.163. The van der Waals surface area contributed by atoms with Gasteiger partial charge in [0.1, 0.15) is 0 Å². The van der Waals surface area contributed by atoms with Gasteiger partial charge >= 0.3 is 6.16 Å². The molecule has 0 radical (unpaired) electrons. The second kappa shape index (κ2) is 6.65. The van der Waals surface area contributed by atoms with Crippen molar-refractivity contribution in [1.82, 2.24) is 0 Å². The molecule has 0 N–H and O–H groups in total. The fourth-order valence-corrected chi connectivity index (χ4v) is 0.836. The zero-order chi connectivity index (χ0) is 11.1. The molecule has 0 fully saturated rings. The Morgan fingerprint density at radius 3 is 2.14 bits per heavy atom. The van der Waals surface area contributed by atoms with Crippen molar-refractivity contribution in [3.05, 3.63) is 0 Å². The first-order valence-electron chi connectivity index (χ1n) is 4.96. The summed E-state index contributed by atoms with van der Waals surface area (Å²) in [6, 6.07) is 0. The molecule has 0 aromatic heterocycles. The summed E-state index contributed by atoms with van der Waals surface area (Å²) in [7, 11) is 0. The third-order valence-corrected chi connectivity index (χ3v) is 1.43. The molecule has 4 heteroatoms. The number of hydrogen-bond donors (Lipinski definition) is 0. The van der Waals surface area contributed by atoms with Crippen LogP contribution in [0.2, 0.25) is 0 Å². The molecule has 0 saturated carbocycles. The first-order chi connectivity index (χ1) is 6.47. The van der Waals surface area contributed by atoms with E-state index in [9.17, 15) is 4.79 Å². The van der Waals surface area contributed by atoms with Crippen molar-refractivity contribution >= 4 is 6.16 Å². The lowest BCUT2D eigenvalue weighted by Gasteiger charge is -2.22. The van der Waals surface area contributed by atoms with Gasteiger partial charge in [0, 0.05) is 5.92 Å². The zero-order valence-corrected chi connectivity index (χ0v) is 9.57. The third kappa shape index (κ3) is 5.80. The molecular weight excluding hydrogens is 184 g/mol. The van der Waals surface area contributed by atoms with Gasteiger partial charge in [-0.2, -0.15) is 0 Å². The average Bonchev–Trinajstić information content (AvgIpc) is 2.02. The smallest absolute Gasteiger partial charge is 0.435 e. The molecular formula is C10H20O4. The Labute approximate surface area is 85.5 Å². The maximum Gasteiger partial charge on any atom is 0.510 e. The standard InChI is InChI=1S/C10H20O4/c1-6-12-10(11)14-9(7(2)3)13-8(4)5/h7-9H,6H2,1-5H3. The Morgan fingerprint density at radius 1 is 1.21 bits per heavy atom. The van der Waals surface area contributed by atoms with E-state index >= 15 is 0 Å². The van der Waals surface area contributed by atoms with Gasteiger partial charge in [0.25, 0.3) is 0 Å². The van der Waals surface area contributed by atoms with Crippen molar-refractivity contribution in [2.45, 2.75) is 47.0 Å². The molecule has 0 aromatic carbocycles. The van der Waals surface area contributed by atoms with Gasteiger partial charge in [0.05, 0.1) is 12.7 Å². The second-order valence-electron chi connectivity index (χ2n) is 3.60. The second-order valence-corrected chi connectivity index (χ2v) is 3.60. The van der Waals surface area contributed by atoms with Crippen LogP contribution in [-0.2, 0) is 14.2 Å². The largest absolute Gasteiger partial charge is 0.510 e. The van der Waals surface area contributed by atoms with Crippen molar-refractivity contribution in [3.8, 4) is 0 Å². The van der Waals surface area contributed by atoms with Gasteiger partial charge < -0.3 is 14.2 Å². The fourth-order valence-electron chi connectivity index (χ4n) is 0.836. The van der Waals surface area contributed by atoms with Gasteiger partial charge in [-0.25, -0.2) is 4.79 Å². The molecule has 1 atom stereocenters. The zero-order valence-electron chi connectivity index (χ0n) is 9.57. The van der Waals surface area contributed by atoms with Crippen LogP contribution in [0.25, 0.3) is 0 Å². The monoisotopic (exact) mass is 204 g/mol. The molecule has 0 spiro atoms. The van der Waals surface area contributed by atoms with Crippen molar-refractivity contribution in [2.24, 2.45) is 5.92 Å². The van der Waals surface area contributed by atoms with E-state index in [0.717, 1.165) is 0 Å². The molecule has 84 valence electrons. The fraction of sp³-hybridized carbons (Fsp3) is 0.900. The van der Waals surface area contributed by atoms with Crippen LogP contribution in [0.4, 0.5) is 4.79 Å². The highest BCUT2D eigenvalue weighted by Gasteiger charge is 2.20. The number of ether oxygens (including phenoxy) is 3. The van der Waals surface area contributed by atoms with E-state index in [1.54, 1.807) is 6.92 Å². The van der Waals surface area contributed by atoms with E-state index in [1.807, 2.05) is 27.7 Å². The van der Waals surface area contributed by atoms with Gasteiger partial charge in [-0.05, 0) is 20.8 Å². The van der Waals surface area contributed by atoms with Gasteiger partial charge in [-0.3, -0.25) is 0 Å². The lowest BCUT2D eigenvalue weighted by atomic mass is 10.2. The number of hydrogen-bond acceptors (Lipinski definition) is 4. The van der Waals surface area contributed by atoms with Gasteiger partial charge in [-0.1, -0.05) is 13.8 Å². The molecule has 0 amide bonds. The number of carbonyl (C=O) groups excluding carboxylic acids is 1. The Hall–Kier alpha value is -0.770. The van der Waals surface area contributed by atoms with Crippen LogP contribution < -0.4 is 0 Å². The van der Waals surface area contributed by atoms with Crippen LogP contribution in [0.5, 0.6) is 0 Å². The highest BCUT2D eigenvalue weighted by molar-refractivity contribution is 5.59. The summed E-state index contributed by atoms with van der Waals surface area (Å²) >= 11 is 0. The molecule has 1 unspecified atom stereocenters. The Kier molecular flexibility index (Phi) is 6.28. The minimum absolute atomic E-state index is 0.0248. The van der Waals surface area contributed by atoms with Crippen LogP contribution in [-0.4, -0.2) is 25.2 Å². The van der Waals surface area contributed by atoms with E-state index in [2.05, 4.69) is 4.74 Å². The first kappa shape index (κ1) is 13.2. The van der Waals surface area contributed by atoms with Crippen LogP contribution >= 0.6 is 0 Å². The highest BCUT2D eigenvalue weighted by Crippen LogP contribution is 2.11. The molecule has 4 nitrogen and oxygen atoms in total. The molecule has 0 bridgehead atoms. The Morgan fingerprint density at radius 2 is 1.79 bits per heavy atom. The molecule has 0 rings (SSSR count). The van der Waals surface area contributed by atoms with Crippen LogP contribution in [0.15, 0.2) is 0 Å². The Balaban J connectivity index is 4.02. The predicted octanol–water partition coefficient (Wildman–Crippen LogP) is 2.57. The molecule has 0 heterocycles. The van der Waals surface area contributed by atoms with Gasteiger partial charge in [-0.15, -0.1) is 0 Å². The average molecular weight is 204 g/mol. The highest BCUT2D eigenvalue weighted by atomic mass is 16.8. The number of rotatable bonds is 5. The lowest BCUT2D eigenvalue weighted by Crippen LogP contribution is -2.29. The molecule has 14 heavy (non-hydrogen) atoms. The minimum atomic E-state index is -0.674. The molecule has 0 saturated heterocycles. The SMILES string of the molecule is CCOC(=O)OC(OC(C)C)C(C)C. The Bertz CT molecular complexity index is 166. The molecule has 0 aromatic rings. The molecule has 0 aliphatic carbocycles. The van der Waals surface area contributed by atoms with E-state index in [4.69, 9.17) is 9.47 Å². The van der Waals surface area contributed by atoms with E-state index < -0.39 is 12.4 Å².